The van der Waals surface area contributed by atoms with Gasteiger partial charge in [0.2, 0.25) is 10.0 Å². The number of fused-ring (bicyclic) bond motifs is 1. The lowest BCUT2D eigenvalue weighted by atomic mass is 10.1. The van der Waals surface area contributed by atoms with Crippen LogP contribution in [0, 0.1) is 0 Å². The summed E-state index contributed by atoms with van der Waals surface area (Å²) in [5.41, 5.74) is 3.02. The standard InChI is InChI=1S/C20H18ClN5O3S/c1-22-30(27,28)15-6-4-14(5-7-15)25-19-20-24-12-17(26(20)10-9-23-19)13-3-8-18(29-2)16(21)11-13/h3-12,22H,1-2H3,(H,23,25). The van der Waals surface area contributed by atoms with E-state index < -0.39 is 10.0 Å². The Morgan fingerprint density at radius 3 is 2.53 bits per heavy atom. The van der Waals surface area contributed by atoms with Crippen molar-refractivity contribution in [3.63, 3.8) is 0 Å². The zero-order valence-corrected chi connectivity index (χ0v) is 17.7. The Balaban J connectivity index is 1.68. The first-order valence-corrected chi connectivity index (χ1v) is 10.8. The molecular weight excluding hydrogens is 426 g/mol. The SMILES string of the molecule is CNS(=O)(=O)c1ccc(Nc2nccn3c(-c4ccc(OC)c(Cl)c4)cnc23)cc1. The van der Waals surface area contributed by atoms with E-state index in [1.54, 1.807) is 37.7 Å². The first-order chi connectivity index (χ1) is 14.4. The van der Waals surface area contributed by atoms with Crippen molar-refractivity contribution in [3.8, 4) is 17.0 Å². The number of sulfonamides is 1. The molecule has 10 heteroatoms. The molecule has 0 amide bonds. The molecule has 2 N–H and O–H groups in total. The van der Waals surface area contributed by atoms with Crippen LogP contribution in [-0.4, -0.2) is 36.9 Å². The van der Waals surface area contributed by atoms with Crippen molar-refractivity contribution in [1.29, 1.82) is 0 Å². The molecule has 0 fully saturated rings. The summed E-state index contributed by atoms with van der Waals surface area (Å²) in [6.45, 7) is 0. The van der Waals surface area contributed by atoms with Crippen LogP contribution in [0.5, 0.6) is 5.75 Å². The number of nitrogens with one attached hydrogen (secondary N) is 2. The van der Waals surface area contributed by atoms with E-state index >= 15 is 0 Å². The summed E-state index contributed by atoms with van der Waals surface area (Å²) in [7, 11) is -0.546. The number of hydrogen-bond donors (Lipinski definition) is 2. The number of hydrogen-bond acceptors (Lipinski definition) is 6. The summed E-state index contributed by atoms with van der Waals surface area (Å²) in [5.74, 6) is 1.13. The van der Waals surface area contributed by atoms with Crippen molar-refractivity contribution in [1.82, 2.24) is 19.1 Å². The van der Waals surface area contributed by atoms with E-state index in [0.717, 1.165) is 11.3 Å². The molecule has 30 heavy (non-hydrogen) atoms. The van der Waals surface area contributed by atoms with Crippen molar-refractivity contribution in [2.75, 3.05) is 19.5 Å². The van der Waals surface area contributed by atoms with Gasteiger partial charge < -0.3 is 10.1 Å². The number of methoxy groups -OCH3 is 1. The average molecular weight is 444 g/mol. The van der Waals surface area contributed by atoms with Gasteiger partial charge in [-0.3, -0.25) is 4.40 Å². The molecule has 4 aromatic rings. The van der Waals surface area contributed by atoms with Crippen LogP contribution in [0.3, 0.4) is 0 Å². The van der Waals surface area contributed by atoms with E-state index in [1.165, 1.54) is 19.2 Å². The highest BCUT2D eigenvalue weighted by molar-refractivity contribution is 7.89. The van der Waals surface area contributed by atoms with Crippen LogP contribution in [0.1, 0.15) is 0 Å². The number of nitrogens with zero attached hydrogens (tertiary/aromatic N) is 3. The van der Waals surface area contributed by atoms with Gasteiger partial charge in [0.1, 0.15) is 5.75 Å². The molecule has 0 radical (unpaired) electrons. The van der Waals surface area contributed by atoms with Crippen molar-refractivity contribution in [3.05, 3.63) is 66.1 Å². The highest BCUT2D eigenvalue weighted by Gasteiger charge is 2.14. The molecule has 0 saturated carbocycles. The predicted octanol–water partition coefficient (Wildman–Crippen LogP) is 3.71. The molecule has 2 heterocycles. The second kappa shape index (κ2) is 7.94. The van der Waals surface area contributed by atoms with Gasteiger partial charge in [0, 0.05) is 23.6 Å². The van der Waals surface area contributed by atoms with E-state index in [2.05, 4.69) is 20.0 Å². The third-order valence-electron chi connectivity index (χ3n) is 4.57. The van der Waals surface area contributed by atoms with Crippen LogP contribution in [0.25, 0.3) is 16.9 Å². The highest BCUT2D eigenvalue weighted by Crippen LogP contribution is 2.31. The zero-order chi connectivity index (χ0) is 21.3. The number of anilines is 2. The van der Waals surface area contributed by atoms with E-state index in [0.29, 0.717) is 27.9 Å². The Kier molecular flexibility index (Phi) is 5.33. The smallest absolute Gasteiger partial charge is 0.240 e. The molecule has 2 aromatic carbocycles. The van der Waals surface area contributed by atoms with Crippen LogP contribution < -0.4 is 14.8 Å². The molecule has 0 atom stereocenters. The molecular formula is C20H18ClN5O3S. The van der Waals surface area contributed by atoms with Gasteiger partial charge in [0.15, 0.2) is 11.5 Å². The van der Waals surface area contributed by atoms with Crippen molar-refractivity contribution in [2.24, 2.45) is 0 Å². The van der Waals surface area contributed by atoms with Gasteiger partial charge in [0.25, 0.3) is 0 Å². The lowest BCUT2D eigenvalue weighted by Crippen LogP contribution is -2.18. The van der Waals surface area contributed by atoms with Crippen LogP contribution >= 0.6 is 11.6 Å². The minimum Gasteiger partial charge on any atom is -0.495 e. The largest absolute Gasteiger partial charge is 0.495 e. The molecule has 2 aromatic heterocycles. The first kappa shape index (κ1) is 20.1. The molecule has 0 bridgehead atoms. The minimum absolute atomic E-state index is 0.182. The maximum absolute atomic E-state index is 11.9. The Morgan fingerprint density at radius 2 is 1.87 bits per heavy atom. The molecule has 0 spiro atoms. The zero-order valence-electron chi connectivity index (χ0n) is 16.1. The summed E-state index contributed by atoms with van der Waals surface area (Å²) in [6, 6.07) is 11.9. The van der Waals surface area contributed by atoms with E-state index in [1.807, 2.05) is 22.7 Å². The quantitative estimate of drug-likeness (QED) is 0.471. The van der Waals surface area contributed by atoms with Gasteiger partial charge in [-0.25, -0.2) is 23.1 Å². The fourth-order valence-corrected chi connectivity index (χ4v) is 4.01. The maximum atomic E-state index is 11.9. The summed E-state index contributed by atoms with van der Waals surface area (Å²) >= 11 is 6.26. The van der Waals surface area contributed by atoms with E-state index in [-0.39, 0.29) is 4.90 Å². The predicted molar refractivity (Wildman–Crippen MR) is 116 cm³/mol. The molecule has 8 nitrogen and oxygen atoms in total. The van der Waals surface area contributed by atoms with Crippen LogP contribution in [-0.2, 0) is 10.0 Å². The van der Waals surface area contributed by atoms with Crippen molar-refractivity contribution in [2.45, 2.75) is 4.90 Å². The minimum atomic E-state index is -3.49. The molecule has 0 aliphatic rings. The molecule has 0 aliphatic heterocycles. The summed E-state index contributed by atoms with van der Waals surface area (Å²) < 4.78 is 33.1. The van der Waals surface area contributed by atoms with Crippen molar-refractivity contribution < 1.29 is 13.2 Å². The highest BCUT2D eigenvalue weighted by atomic mass is 35.5. The first-order valence-electron chi connectivity index (χ1n) is 8.89. The number of rotatable bonds is 6. The van der Waals surface area contributed by atoms with Crippen LogP contribution in [0.4, 0.5) is 11.5 Å². The van der Waals surface area contributed by atoms with E-state index in [4.69, 9.17) is 16.3 Å². The molecule has 0 unspecified atom stereocenters. The number of halogens is 1. The lowest BCUT2D eigenvalue weighted by Gasteiger charge is -2.09. The number of aromatic nitrogens is 3. The summed E-state index contributed by atoms with van der Waals surface area (Å²) in [5, 5.41) is 3.69. The van der Waals surface area contributed by atoms with Gasteiger partial charge in [-0.2, -0.15) is 0 Å². The topological polar surface area (TPSA) is 97.6 Å². The monoisotopic (exact) mass is 443 g/mol. The summed E-state index contributed by atoms with van der Waals surface area (Å²) in [4.78, 5) is 9.04. The molecule has 0 saturated heterocycles. The Labute approximate surface area is 178 Å². The van der Waals surface area contributed by atoms with Crippen LogP contribution in [0.2, 0.25) is 5.02 Å². The third kappa shape index (κ3) is 3.70. The third-order valence-corrected chi connectivity index (χ3v) is 6.30. The molecule has 4 rings (SSSR count). The molecule has 154 valence electrons. The fourth-order valence-electron chi connectivity index (χ4n) is 3.02. The average Bonchev–Trinajstić information content (AvgIpc) is 3.19. The van der Waals surface area contributed by atoms with Gasteiger partial charge in [-0.15, -0.1) is 0 Å². The van der Waals surface area contributed by atoms with Gasteiger partial charge in [0.05, 0.1) is 28.9 Å². The number of imidazole rings is 1. The van der Waals surface area contributed by atoms with Gasteiger partial charge in [-0.05, 0) is 49.5 Å². The van der Waals surface area contributed by atoms with Crippen molar-refractivity contribution >= 4 is 38.8 Å². The maximum Gasteiger partial charge on any atom is 0.240 e. The van der Waals surface area contributed by atoms with E-state index in [9.17, 15) is 8.42 Å². The number of benzene rings is 2. The Hall–Kier alpha value is -3.14. The number of ether oxygens (including phenoxy) is 1. The normalized spacial score (nSPS) is 11.6. The Bertz CT molecular complexity index is 1320. The van der Waals surface area contributed by atoms with Gasteiger partial charge >= 0.3 is 0 Å². The fraction of sp³-hybridized carbons (Fsp3) is 0.100. The molecule has 0 aliphatic carbocycles. The summed E-state index contributed by atoms with van der Waals surface area (Å²) in [6.07, 6.45) is 5.21. The second-order valence-electron chi connectivity index (χ2n) is 6.32. The lowest BCUT2D eigenvalue weighted by molar-refractivity contribution is 0.415. The van der Waals surface area contributed by atoms with Gasteiger partial charge in [-0.1, -0.05) is 11.6 Å². The Morgan fingerprint density at radius 1 is 1.10 bits per heavy atom. The van der Waals surface area contributed by atoms with Crippen LogP contribution in [0.15, 0.2) is 66.0 Å². The second-order valence-corrected chi connectivity index (χ2v) is 8.61.